The van der Waals surface area contributed by atoms with Crippen LogP contribution < -0.4 is 0 Å². The van der Waals surface area contributed by atoms with Crippen LogP contribution in [0.1, 0.15) is 24.5 Å². The molecule has 0 spiro atoms. The first kappa shape index (κ1) is 12.4. The molecule has 0 aromatic heterocycles. The lowest BCUT2D eigenvalue weighted by Crippen LogP contribution is -2.27. The lowest BCUT2D eigenvalue weighted by molar-refractivity contribution is -0.134. The van der Waals surface area contributed by atoms with Crippen molar-refractivity contribution in [3.63, 3.8) is 0 Å². The molecule has 0 N–H and O–H groups in total. The van der Waals surface area contributed by atoms with E-state index in [0.29, 0.717) is 6.54 Å². The van der Waals surface area contributed by atoms with Gasteiger partial charge >= 0.3 is 0 Å². The van der Waals surface area contributed by atoms with Crippen LogP contribution in [0.15, 0.2) is 24.3 Å². The predicted molar refractivity (Wildman–Crippen MR) is 63.0 cm³/mol. The molecule has 0 heterocycles. The largest absolute Gasteiger partial charge is 0.341 e. The smallest absolute Gasteiger partial charge is 0.230 e. The number of nitrogens with zero attached hydrogens (tertiary/aromatic N) is 1. The second kappa shape index (κ2) is 5.45. The number of benzene rings is 1. The minimum atomic E-state index is -0.131. The minimum absolute atomic E-state index is 0.0115. The Balaban J connectivity index is 2.57. The fraction of sp³-hybridized carbons (Fsp3) is 0.385. The summed E-state index contributed by atoms with van der Waals surface area (Å²) in [6.07, 6.45) is -0.0115. The molecular weight excluding hydrogens is 202 g/mol. The van der Waals surface area contributed by atoms with Crippen LogP contribution in [0.4, 0.5) is 0 Å². The Morgan fingerprint density at radius 3 is 2.25 bits per heavy atom. The number of aryl methyl sites for hydroxylation is 1. The zero-order valence-corrected chi connectivity index (χ0v) is 9.99. The minimum Gasteiger partial charge on any atom is -0.341 e. The van der Waals surface area contributed by atoms with Crippen molar-refractivity contribution in [1.29, 1.82) is 0 Å². The summed E-state index contributed by atoms with van der Waals surface area (Å²) in [5, 5.41) is 0. The Kier molecular flexibility index (Phi) is 4.23. The number of rotatable bonds is 4. The number of carbonyl (C=O) groups is 2. The maximum atomic E-state index is 11.5. The summed E-state index contributed by atoms with van der Waals surface area (Å²) in [6.45, 7) is 4.00. The normalized spacial score (nSPS) is 9.94. The van der Waals surface area contributed by atoms with Crippen molar-refractivity contribution in [2.75, 3.05) is 7.05 Å². The molecule has 0 radical (unpaired) electrons. The predicted octanol–water partition coefficient (Wildman–Crippen LogP) is 1.93. The van der Waals surface area contributed by atoms with E-state index in [0.717, 1.165) is 5.56 Å². The van der Waals surface area contributed by atoms with Gasteiger partial charge in [-0.2, -0.15) is 0 Å². The maximum absolute atomic E-state index is 11.5. The van der Waals surface area contributed by atoms with Crippen molar-refractivity contribution in [1.82, 2.24) is 4.90 Å². The molecular formula is C13H17NO2. The fourth-order valence-corrected chi connectivity index (χ4v) is 1.40. The SMILES string of the molecule is CC(=O)CC(=O)N(C)Cc1ccc(C)cc1. The third-order valence-corrected chi connectivity index (χ3v) is 2.37. The Hall–Kier alpha value is -1.64. The van der Waals surface area contributed by atoms with Crippen LogP contribution >= 0.6 is 0 Å². The van der Waals surface area contributed by atoms with Crippen molar-refractivity contribution < 1.29 is 9.59 Å². The van der Waals surface area contributed by atoms with Crippen molar-refractivity contribution in [2.24, 2.45) is 0 Å². The number of Topliss-reactive ketones (excluding diaryl/α,β-unsaturated/α-hetero) is 1. The highest BCUT2D eigenvalue weighted by Crippen LogP contribution is 2.06. The number of hydrogen-bond donors (Lipinski definition) is 0. The molecule has 86 valence electrons. The van der Waals surface area contributed by atoms with Crippen LogP contribution in [0.25, 0.3) is 0 Å². The number of ketones is 1. The Morgan fingerprint density at radius 2 is 1.75 bits per heavy atom. The van der Waals surface area contributed by atoms with Crippen LogP contribution in [0.3, 0.4) is 0 Å². The molecule has 0 atom stereocenters. The summed E-state index contributed by atoms with van der Waals surface area (Å²) < 4.78 is 0. The number of carbonyl (C=O) groups excluding carboxylic acids is 2. The van der Waals surface area contributed by atoms with E-state index in [9.17, 15) is 9.59 Å². The molecule has 0 unspecified atom stereocenters. The highest BCUT2D eigenvalue weighted by molar-refractivity contribution is 5.96. The van der Waals surface area contributed by atoms with Gasteiger partial charge in [0.2, 0.25) is 5.91 Å². The highest BCUT2D eigenvalue weighted by atomic mass is 16.2. The molecule has 3 heteroatoms. The van der Waals surface area contributed by atoms with Gasteiger partial charge in [-0.15, -0.1) is 0 Å². The summed E-state index contributed by atoms with van der Waals surface area (Å²) >= 11 is 0. The second-order valence-corrected chi connectivity index (χ2v) is 4.11. The molecule has 0 saturated carbocycles. The van der Waals surface area contributed by atoms with Gasteiger partial charge in [-0.1, -0.05) is 29.8 Å². The van der Waals surface area contributed by atoms with Crippen LogP contribution in [-0.2, 0) is 16.1 Å². The molecule has 1 aromatic rings. The van der Waals surface area contributed by atoms with E-state index in [1.54, 1.807) is 11.9 Å². The number of amides is 1. The third-order valence-electron chi connectivity index (χ3n) is 2.37. The summed E-state index contributed by atoms with van der Waals surface area (Å²) in [5.74, 6) is -0.228. The molecule has 0 saturated heterocycles. The van der Waals surface area contributed by atoms with Gasteiger partial charge in [0, 0.05) is 13.6 Å². The highest BCUT2D eigenvalue weighted by Gasteiger charge is 2.10. The van der Waals surface area contributed by atoms with Crippen LogP contribution in [0.5, 0.6) is 0 Å². The molecule has 0 aliphatic heterocycles. The van der Waals surface area contributed by atoms with Gasteiger partial charge in [0.15, 0.2) is 0 Å². The topological polar surface area (TPSA) is 37.4 Å². The summed E-state index contributed by atoms with van der Waals surface area (Å²) in [4.78, 5) is 23.9. The van der Waals surface area contributed by atoms with Gasteiger partial charge in [-0.25, -0.2) is 0 Å². The van der Waals surface area contributed by atoms with Crippen LogP contribution in [-0.4, -0.2) is 23.6 Å². The maximum Gasteiger partial charge on any atom is 0.230 e. The van der Waals surface area contributed by atoms with E-state index in [2.05, 4.69) is 0 Å². The average Bonchev–Trinajstić information content (AvgIpc) is 2.20. The van der Waals surface area contributed by atoms with Crippen LogP contribution in [0, 0.1) is 6.92 Å². The van der Waals surface area contributed by atoms with Crippen molar-refractivity contribution in [2.45, 2.75) is 26.8 Å². The van der Waals surface area contributed by atoms with E-state index in [-0.39, 0.29) is 18.1 Å². The lowest BCUT2D eigenvalue weighted by Gasteiger charge is -2.16. The van der Waals surface area contributed by atoms with Gasteiger partial charge in [0.25, 0.3) is 0 Å². The molecule has 0 aliphatic rings. The lowest BCUT2D eigenvalue weighted by atomic mass is 10.1. The first-order valence-electron chi connectivity index (χ1n) is 5.28. The monoisotopic (exact) mass is 219 g/mol. The fourth-order valence-electron chi connectivity index (χ4n) is 1.40. The zero-order valence-electron chi connectivity index (χ0n) is 9.99. The van der Waals surface area contributed by atoms with Gasteiger partial charge in [0.05, 0.1) is 6.42 Å². The van der Waals surface area contributed by atoms with Gasteiger partial charge < -0.3 is 4.90 Å². The molecule has 0 bridgehead atoms. The van der Waals surface area contributed by atoms with E-state index in [1.807, 2.05) is 31.2 Å². The van der Waals surface area contributed by atoms with Crippen molar-refractivity contribution in [3.05, 3.63) is 35.4 Å². The van der Waals surface area contributed by atoms with Gasteiger partial charge in [0.1, 0.15) is 5.78 Å². The van der Waals surface area contributed by atoms with E-state index in [4.69, 9.17) is 0 Å². The van der Waals surface area contributed by atoms with Crippen molar-refractivity contribution in [3.8, 4) is 0 Å². The molecule has 0 aliphatic carbocycles. The second-order valence-electron chi connectivity index (χ2n) is 4.11. The van der Waals surface area contributed by atoms with E-state index < -0.39 is 0 Å². The third kappa shape index (κ3) is 3.85. The number of hydrogen-bond acceptors (Lipinski definition) is 2. The molecule has 16 heavy (non-hydrogen) atoms. The average molecular weight is 219 g/mol. The molecule has 1 rings (SSSR count). The summed E-state index contributed by atoms with van der Waals surface area (Å²) in [7, 11) is 1.71. The van der Waals surface area contributed by atoms with Gasteiger partial charge in [-0.3, -0.25) is 9.59 Å². The van der Waals surface area contributed by atoms with E-state index in [1.165, 1.54) is 12.5 Å². The van der Waals surface area contributed by atoms with Gasteiger partial charge in [-0.05, 0) is 19.4 Å². The summed E-state index contributed by atoms with van der Waals surface area (Å²) in [5.41, 5.74) is 2.27. The first-order valence-corrected chi connectivity index (χ1v) is 5.28. The summed E-state index contributed by atoms with van der Waals surface area (Å²) in [6, 6.07) is 8.01. The first-order chi connectivity index (χ1) is 7.49. The standard InChI is InChI=1S/C13H17NO2/c1-10-4-6-12(7-5-10)9-14(3)13(16)8-11(2)15/h4-7H,8-9H2,1-3H3. The van der Waals surface area contributed by atoms with E-state index >= 15 is 0 Å². The van der Waals surface area contributed by atoms with Crippen molar-refractivity contribution >= 4 is 11.7 Å². The Labute approximate surface area is 96.1 Å². The molecule has 3 nitrogen and oxygen atoms in total. The Bertz CT molecular complexity index is 381. The molecule has 0 fully saturated rings. The zero-order chi connectivity index (χ0) is 12.1. The van der Waals surface area contributed by atoms with Crippen LogP contribution in [0.2, 0.25) is 0 Å². The molecule has 1 amide bonds. The Morgan fingerprint density at radius 1 is 1.19 bits per heavy atom. The quantitative estimate of drug-likeness (QED) is 0.726. The molecule has 1 aromatic carbocycles.